The van der Waals surface area contributed by atoms with Gasteiger partial charge in [-0.3, -0.25) is 20.2 Å². The van der Waals surface area contributed by atoms with Gasteiger partial charge in [0.05, 0.1) is 9.85 Å². The maximum Gasteiger partial charge on any atom is 1.00 e. The van der Waals surface area contributed by atoms with E-state index in [0.717, 1.165) is 6.07 Å². The van der Waals surface area contributed by atoms with Gasteiger partial charge in [0.25, 0.3) is 0 Å². The van der Waals surface area contributed by atoms with Gasteiger partial charge in [0.1, 0.15) is 5.69 Å². The van der Waals surface area contributed by atoms with Gasteiger partial charge in [0.15, 0.2) is 0 Å². The van der Waals surface area contributed by atoms with Gasteiger partial charge in [0.2, 0.25) is 0 Å². The van der Waals surface area contributed by atoms with E-state index in [1.165, 1.54) is 0 Å². The summed E-state index contributed by atoms with van der Waals surface area (Å²) in [6.45, 7) is 0. The van der Waals surface area contributed by atoms with Crippen LogP contribution in [0.4, 0.5) is 17.1 Å². The largest absolute Gasteiger partial charge is 1.00 e. The van der Waals surface area contributed by atoms with Gasteiger partial charge >= 0.3 is 40.9 Å². The molecule has 0 radical (unpaired) electrons. The molecule has 0 N–H and O–H groups in total. The Morgan fingerprint density at radius 1 is 1.24 bits per heavy atom. The van der Waals surface area contributed by atoms with Crippen molar-refractivity contribution in [3.8, 4) is 5.75 Å². The monoisotopic (exact) mass is 247 g/mol. The molecule has 0 aliphatic rings. The van der Waals surface area contributed by atoms with Gasteiger partial charge in [-0.05, 0) is 5.53 Å². The van der Waals surface area contributed by atoms with Crippen LogP contribution in [0.3, 0.4) is 0 Å². The van der Waals surface area contributed by atoms with Crippen molar-refractivity contribution in [2.24, 2.45) is 5.11 Å². The number of nitro benzene ring substituents is 2. The molecule has 1 aromatic rings. The van der Waals surface area contributed by atoms with E-state index in [0.29, 0.717) is 6.07 Å². The van der Waals surface area contributed by atoms with E-state index >= 15 is 0 Å². The second-order valence-electron chi connectivity index (χ2n) is 2.48. The maximum absolute atomic E-state index is 11.1. The molecule has 0 spiro atoms. The zero-order valence-corrected chi connectivity index (χ0v) is 10.4. The Kier molecular flexibility index (Phi) is 5.35. The molecular weight excluding hydrogens is 245 g/mol. The summed E-state index contributed by atoms with van der Waals surface area (Å²) in [4.78, 5) is 21.1. The van der Waals surface area contributed by atoms with Gasteiger partial charge in [-0.25, -0.2) is 0 Å². The first-order chi connectivity index (χ1) is 7.49. The molecular formula is C6H2N5NaO5. The molecule has 82 valence electrons. The summed E-state index contributed by atoms with van der Waals surface area (Å²) in [6, 6.07) is 1.42. The number of hydrogen-bond acceptors (Lipinski definition) is 6. The molecule has 0 unspecified atom stereocenters. The van der Waals surface area contributed by atoms with Gasteiger partial charge in [-0.15, -0.1) is 0 Å². The topological polar surface area (TPSA) is 158 Å². The van der Waals surface area contributed by atoms with E-state index in [2.05, 4.69) is 10.0 Å². The van der Waals surface area contributed by atoms with Gasteiger partial charge < -0.3 is 5.11 Å². The van der Waals surface area contributed by atoms with E-state index < -0.39 is 32.7 Å². The second kappa shape index (κ2) is 6.01. The Labute approximate surface area is 115 Å². The Bertz CT molecular complexity index is 526. The van der Waals surface area contributed by atoms with Crippen molar-refractivity contribution in [3.63, 3.8) is 0 Å². The SMILES string of the molecule is [N-]=[N+]=Nc1c([O-])ccc([N+](=O)[O-])c1[N+](=O)[O-].[Na+]. The summed E-state index contributed by atoms with van der Waals surface area (Å²) in [7, 11) is 0. The van der Waals surface area contributed by atoms with Crippen molar-refractivity contribution in [3.05, 3.63) is 42.8 Å². The zero-order chi connectivity index (χ0) is 12.3. The fourth-order valence-corrected chi connectivity index (χ4v) is 1.02. The molecule has 0 heterocycles. The van der Waals surface area contributed by atoms with E-state index in [1.54, 1.807) is 0 Å². The van der Waals surface area contributed by atoms with Crippen LogP contribution in [0.2, 0.25) is 0 Å². The molecule has 0 aliphatic carbocycles. The van der Waals surface area contributed by atoms with Crippen LogP contribution in [0.25, 0.3) is 10.4 Å². The smallest absolute Gasteiger partial charge is 0.872 e. The minimum absolute atomic E-state index is 0. The summed E-state index contributed by atoms with van der Waals surface area (Å²) in [6.07, 6.45) is 0. The van der Waals surface area contributed by atoms with E-state index in [1.807, 2.05) is 0 Å². The standard InChI is InChI=1S/C6H3N5O5.Na/c7-9-8-5-4(12)2-1-3(10(13)14)6(5)11(15)16;/h1-2,12H;/q;+1/p-1. The average Bonchev–Trinajstić information content (AvgIpc) is 2.20. The Balaban J connectivity index is 0.00000256. The average molecular weight is 247 g/mol. The molecule has 0 aliphatic heterocycles. The molecule has 1 rings (SSSR count). The van der Waals surface area contributed by atoms with Gasteiger partial charge in [-0.2, -0.15) is 0 Å². The van der Waals surface area contributed by atoms with Crippen LogP contribution in [0.1, 0.15) is 0 Å². The summed E-state index contributed by atoms with van der Waals surface area (Å²) >= 11 is 0. The molecule has 0 aromatic heterocycles. The first kappa shape index (κ1) is 15.1. The van der Waals surface area contributed by atoms with Crippen LogP contribution in [0.5, 0.6) is 5.75 Å². The van der Waals surface area contributed by atoms with E-state index in [-0.39, 0.29) is 29.6 Å². The molecule has 0 fully saturated rings. The van der Waals surface area contributed by atoms with Crippen LogP contribution in [0, 0.1) is 20.2 Å². The predicted molar refractivity (Wildman–Crippen MR) is 48.0 cm³/mol. The molecule has 17 heavy (non-hydrogen) atoms. The third-order valence-corrected chi connectivity index (χ3v) is 1.62. The van der Waals surface area contributed by atoms with Gasteiger partial charge in [0, 0.05) is 11.0 Å². The maximum atomic E-state index is 11.1. The number of azide groups is 1. The number of nitrogens with zero attached hydrogens (tertiary/aromatic N) is 5. The summed E-state index contributed by atoms with van der Waals surface area (Å²) in [5.74, 6) is -0.949. The molecule has 0 saturated carbocycles. The first-order valence-corrected chi connectivity index (χ1v) is 3.67. The number of hydrogen-bond donors (Lipinski definition) is 0. The van der Waals surface area contributed by atoms with Gasteiger partial charge in [-0.1, -0.05) is 16.9 Å². The summed E-state index contributed by atoms with van der Waals surface area (Å²) in [5.41, 5.74) is 5.22. The van der Waals surface area contributed by atoms with E-state index in [9.17, 15) is 25.3 Å². The molecule has 0 saturated heterocycles. The Morgan fingerprint density at radius 2 is 1.82 bits per heavy atom. The minimum atomic E-state index is -1.14. The van der Waals surface area contributed by atoms with Crippen molar-refractivity contribution in [1.29, 1.82) is 0 Å². The van der Waals surface area contributed by atoms with Crippen molar-refractivity contribution >= 4 is 17.1 Å². The molecule has 11 heteroatoms. The van der Waals surface area contributed by atoms with Crippen LogP contribution in [0.15, 0.2) is 17.2 Å². The Hall–Kier alpha value is -1.87. The Morgan fingerprint density at radius 3 is 2.24 bits per heavy atom. The number of nitro groups is 2. The number of benzene rings is 1. The molecule has 0 atom stereocenters. The predicted octanol–water partition coefficient (Wildman–Crippen LogP) is -1.48. The van der Waals surface area contributed by atoms with Crippen LogP contribution >= 0.6 is 0 Å². The zero-order valence-electron chi connectivity index (χ0n) is 8.43. The first-order valence-electron chi connectivity index (χ1n) is 3.67. The summed E-state index contributed by atoms with van der Waals surface area (Å²) in [5, 5.41) is 34.9. The van der Waals surface area contributed by atoms with E-state index in [4.69, 9.17) is 5.53 Å². The quantitative estimate of drug-likeness (QED) is 0.159. The molecule has 1 aromatic carbocycles. The number of rotatable bonds is 3. The third kappa shape index (κ3) is 3.04. The van der Waals surface area contributed by atoms with Crippen molar-refractivity contribution in [1.82, 2.24) is 0 Å². The normalized spacial score (nSPS) is 8.71. The third-order valence-electron chi connectivity index (χ3n) is 1.62. The minimum Gasteiger partial charge on any atom is -0.872 e. The fourth-order valence-electron chi connectivity index (χ4n) is 1.02. The fraction of sp³-hybridized carbons (Fsp3) is 0. The van der Waals surface area contributed by atoms with Crippen LogP contribution in [-0.4, -0.2) is 9.85 Å². The molecule has 0 bridgehead atoms. The molecule has 10 nitrogen and oxygen atoms in total. The second-order valence-corrected chi connectivity index (χ2v) is 2.48. The van der Waals surface area contributed by atoms with Crippen molar-refractivity contribution in [2.45, 2.75) is 0 Å². The van der Waals surface area contributed by atoms with Crippen molar-refractivity contribution in [2.75, 3.05) is 0 Å². The van der Waals surface area contributed by atoms with Crippen LogP contribution in [-0.2, 0) is 0 Å². The van der Waals surface area contributed by atoms with Crippen molar-refractivity contribution < 1.29 is 44.5 Å². The summed E-state index contributed by atoms with van der Waals surface area (Å²) < 4.78 is 0. The van der Waals surface area contributed by atoms with Crippen LogP contribution < -0.4 is 34.7 Å². The molecule has 0 amide bonds.